The van der Waals surface area contributed by atoms with Crippen molar-refractivity contribution in [1.29, 1.82) is 0 Å². The van der Waals surface area contributed by atoms with Gasteiger partial charge >= 0.3 is 0 Å². The summed E-state index contributed by atoms with van der Waals surface area (Å²) in [6.45, 7) is 8.68. The van der Waals surface area contributed by atoms with Crippen molar-refractivity contribution in [3.8, 4) is 0 Å². The van der Waals surface area contributed by atoms with Gasteiger partial charge in [0.15, 0.2) is 0 Å². The summed E-state index contributed by atoms with van der Waals surface area (Å²) in [7, 11) is -0.202. The average molecular weight is 318 g/mol. The number of nitrogens with one attached hydrogen (secondary N) is 2. The van der Waals surface area contributed by atoms with Crippen LogP contribution < -0.4 is 10.0 Å². The largest absolute Gasteiger partial charge is 0.377 e. The Morgan fingerprint density at radius 2 is 1.95 bits per heavy atom. The summed E-state index contributed by atoms with van der Waals surface area (Å²) >= 11 is 0. The van der Waals surface area contributed by atoms with Gasteiger partial charge < -0.3 is 10.1 Å². The standard InChI is InChI=1S/C13H26N4O3S/c1-10-12(11(2)17(16-10)8-7-14-5)21(18,19)15-9-13(3,4)20-6/h14-15H,7-9H2,1-6H3. The van der Waals surface area contributed by atoms with E-state index >= 15 is 0 Å². The van der Waals surface area contributed by atoms with E-state index < -0.39 is 15.6 Å². The van der Waals surface area contributed by atoms with Gasteiger partial charge in [-0.25, -0.2) is 13.1 Å². The number of nitrogens with zero attached hydrogens (tertiary/aromatic N) is 2. The average Bonchev–Trinajstić information content (AvgIpc) is 2.69. The lowest BCUT2D eigenvalue weighted by Crippen LogP contribution is -2.40. The second-order valence-electron chi connectivity index (χ2n) is 5.62. The first-order valence-electron chi connectivity index (χ1n) is 6.88. The fourth-order valence-corrected chi connectivity index (χ4v) is 3.52. The molecule has 0 atom stereocenters. The highest BCUT2D eigenvalue weighted by Gasteiger charge is 2.27. The van der Waals surface area contributed by atoms with Crippen molar-refractivity contribution < 1.29 is 13.2 Å². The third-order valence-electron chi connectivity index (χ3n) is 3.40. The van der Waals surface area contributed by atoms with Gasteiger partial charge in [0.1, 0.15) is 4.90 Å². The zero-order valence-corrected chi connectivity index (χ0v) is 14.5. The van der Waals surface area contributed by atoms with Crippen LogP contribution in [0.15, 0.2) is 4.90 Å². The van der Waals surface area contributed by atoms with E-state index in [9.17, 15) is 8.42 Å². The maximum Gasteiger partial charge on any atom is 0.244 e. The molecule has 0 aliphatic heterocycles. The molecule has 122 valence electrons. The Bertz CT molecular complexity index is 578. The summed E-state index contributed by atoms with van der Waals surface area (Å²) in [6, 6.07) is 0. The number of aryl methyl sites for hydroxylation is 1. The van der Waals surface area contributed by atoms with E-state index in [4.69, 9.17) is 4.74 Å². The molecule has 0 unspecified atom stereocenters. The summed E-state index contributed by atoms with van der Waals surface area (Å²) in [4.78, 5) is 0.255. The molecule has 1 heterocycles. The zero-order chi connectivity index (χ0) is 16.3. The van der Waals surface area contributed by atoms with Crippen molar-refractivity contribution in [2.75, 3.05) is 27.2 Å². The van der Waals surface area contributed by atoms with E-state index in [-0.39, 0.29) is 11.4 Å². The highest BCUT2D eigenvalue weighted by molar-refractivity contribution is 7.89. The smallest absolute Gasteiger partial charge is 0.244 e. The van der Waals surface area contributed by atoms with E-state index in [1.807, 2.05) is 20.9 Å². The van der Waals surface area contributed by atoms with Crippen molar-refractivity contribution in [3.63, 3.8) is 0 Å². The van der Waals surface area contributed by atoms with Gasteiger partial charge in [-0.05, 0) is 34.7 Å². The van der Waals surface area contributed by atoms with Gasteiger partial charge in [0, 0.05) is 20.2 Å². The molecule has 0 spiro atoms. The SMILES string of the molecule is CNCCn1nc(C)c(S(=O)(=O)NCC(C)(C)OC)c1C. The van der Waals surface area contributed by atoms with E-state index in [0.29, 0.717) is 17.9 Å². The molecule has 2 N–H and O–H groups in total. The zero-order valence-electron chi connectivity index (χ0n) is 13.6. The fourth-order valence-electron chi connectivity index (χ4n) is 1.92. The lowest BCUT2D eigenvalue weighted by Gasteiger charge is -2.23. The molecule has 0 amide bonds. The van der Waals surface area contributed by atoms with Crippen molar-refractivity contribution in [1.82, 2.24) is 19.8 Å². The highest BCUT2D eigenvalue weighted by Crippen LogP contribution is 2.19. The van der Waals surface area contributed by atoms with Gasteiger partial charge in [-0.1, -0.05) is 0 Å². The Hall–Kier alpha value is -0.960. The molecule has 8 heteroatoms. The Balaban J connectivity index is 3.01. The van der Waals surface area contributed by atoms with Crippen molar-refractivity contribution >= 4 is 10.0 Å². The fraction of sp³-hybridized carbons (Fsp3) is 0.769. The molecule has 0 aromatic carbocycles. The number of likely N-dealkylation sites (N-methyl/N-ethyl adjacent to an activating group) is 1. The summed E-state index contributed by atoms with van der Waals surface area (Å²) < 4.78 is 34.5. The lowest BCUT2D eigenvalue weighted by atomic mass is 10.1. The molecule has 0 radical (unpaired) electrons. The molecule has 0 saturated carbocycles. The van der Waals surface area contributed by atoms with Gasteiger partial charge in [0.05, 0.1) is 23.5 Å². The van der Waals surface area contributed by atoms with Gasteiger partial charge in [-0.3, -0.25) is 4.68 Å². The molecule has 7 nitrogen and oxygen atoms in total. The summed E-state index contributed by atoms with van der Waals surface area (Å²) in [5.41, 5.74) is 0.591. The normalized spacial score (nSPS) is 12.9. The van der Waals surface area contributed by atoms with Crippen LogP contribution >= 0.6 is 0 Å². The minimum atomic E-state index is -3.60. The summed E-state index contributed by atoms with van der Waals surface area (Å²) in [5, 5.41) is 7.33. The van der Waals surface area contributed by atoms with Crippen LogP contribution in [-0.2, 0) is 21.3 Å². The predicted octanol–water partition coefficient (Wildman–Crippen LogP) is 0.423. The molecule has 0 aliphatic rings. The molecule has 0 saturated heterocycles. The molecule has 0 bridgehead atoms. The van der Waals surface area contributed by atoms with Crippen LogP contribution in [0.4, 0.5) is 0 Å². The molecule has 0 aliphatic carbocycles. The van der Waals surface area contributed by atoms with Crippen LogP contribution in [0, 0.1) is 13.8 Å². The van der Waals surface area contributed by atoms with Gasteiger partial charge in [0.25, 0.3) is 0 Å². The molecule has 1 aromatic heterocycles. The number of ether oxygens (including phenoxy) is 1. The third-order valence-corrected chi connectivity index (χ3v) is 5.05. The Morgan fingerprint density at radius 1 is 1.33 bits per heavy atom. The molecule has 21 heavy (non-hydrogen) atoms. The molecule has 1 rings (SSSR count). The minimum absolute atomic E-state index is 0.201. The summed E-state index contributed by atoms with van der Waals surface area (Å²) in [5.74, 6) is 0. The Labute approximate surface area is 127 Å². The van der Waals surface area contributed by atoms with Crippen molar-refractivity contribution in [3.05, 3.63) is 11.4 Å². The molecular weight excluding hydrogens is 292 g/mol. The van der Waals surface area contributed by atoms with E-state index in [0.717, 1.165) is 6.54 Å². The molecular formula is C13H26N4O3S. The van der Waals surface area contributed by atoms with E-state index in [2.05, 4.69) is 15.1 Å². The van der Waals surface area contributed by atoms with Crippen molar-refractivity contribution in [2.24, 2.45) is 0 Å². The highest BCUT2D eigenvalue weighted by atomic mass is 32.2. The third kappa shape index (κ3) is 4.50. The first-order chi connectivity index (χ1) is 9.64. The monoisotopic (exact) mass is 318 g/mol. The summed E-state index contributed by atoms with van der Waals surface area (Å²) in [6.07, 6.45) is 0. The maximum atomic E-state index is 12.5. The number of rotatable bonds is 8. The number of sulfonamides is 1. The lowest BCUT2D eigenvalue weighted by molar-refractivity contribution is 0.0276. The number of aromatic nitrogens is 2. The van der Waals surface area contributed by atoms with Crippen LogP contribution in [0.5, 0.6) is 0 Å². The number of hydrogen-bond donors (Lipinski definition) is 2. The van der Waals surface area contributed by atoms with Crippen LogP contribution in [0.3, 0.4) is 0 Å². The van der Waals surface area contributed by atoms with Crippen LogP contribution in [0.1, 0.15) is 25.2 Å². The van der Waals surface area contributed by atoms with Gasteiger partial charge in [0.2, 0.25) is 10.0 Å². The van der Waals surface area contributed by atoms with Crippen molar-refractivity contribution in [2.45, 2.75) is 44.7 Å². The molecule has 0 fully saturated rings. The van der Waals surface area contributed by atoms with Gasteiger partial charge in [-0.15, -0.1) is 0 Å². The number of methoxy groups -OCH3 is 1. The Morgan fingerprint density at radius 3 is 2.48 bits per heavy atom. The minimum Gasteiger partial charge on any atom is -0.377 e. The second kappa shape index (κ2) is 6.87. The predicted molar refractivity (Wildman–Crippen MR) is 81.9 cm³/mol. The second-order valence-corrected chi connectivity index (χ2v) is 7.32. The van der Waals surface area contributed by atoms with Crippen LogP contribution in [0.25, 0.3) is 0 Å². The first-order valence-corrected chi connectivity index (χ1v) is 8.36. The quantitative estimate of drug-likeness (QED) is 0.726. The Kier molecular flexibility index (Phi) is 5.92. The molecule has 1 aromatic rings. The number of hydrogen-bond acceptors (Lipinski definition) is 5. The van der Waals surface area contributed by atoms with E-state index in [1.165, 1.54) is 0 Å². The van der Waals surface area contributed by atoms with E-state index in [1.54, 1.807) is 25.6 Å². The van der Waals surface area contributed by atoms with Crippen LogP contribution in [0.2, 0.25) is 0 Å². The van der Waals surface area contributed by atoms with Gasteiger partial charge in [-0.2, -0.15) is 5.10 Å². The first kappa shape index (κ1) is 18.1. The van der Waals surface area contributed by atoms with Crippen LogP contribution in [-0.4, -0.2) is 51.0 Å². The topological polar surface area (TPSA) is 85.2 Å². The maximum absolute atomic E-state index is 12.5.